The van der Waals surface area contributed by atoms with E-state index in [-0.39, 0.29) is 19.1 Å². The number of allylic oxidation sites excluding steroid dienone is 5. The van der Waals surface area contributed by atoms with Crippen LogP contribution in [0.2, 0.25) is 0 Å². The van der Waals surface area contributed by atoms with Crippen molar-refractivity contribution in [1.29, 1.82) is 0 Å². The van der Waals surface area contributed by atoms with Gasteiger partial charge in [0.15, 0.2) is 0 Å². The highest BCUT2D eigenvalue weighted by Crippen LogP contribution is 2.43. The Morgan fingerprint density at radius 3 is 1.72 bits per heavy atom. The molecule has 0 fully saturated rings. The van der Waals surface area contributed by atoms with Gasteiger partial charge in [-0.15, -0.1) is 0 Å². The molecular weight excluding hydrogens is 599 g/mol. The van der Waals surface area contributed by atoms with Gasteiger partial charge in [-0.25, -0.2) is 4.57 Å². The summed E-state index contributed by atoms with van der Waals surface area (Å²) in [5.41, 5.74) is 0. The predicted octanol–water partition coefficient (Wildman–Crippen LogP) is 9.18. The molecular formula is C37H72N2O6P+. The van der Waals surface area contributed by atoms with Crippen LogP contribution in [0.5, 0.6) is 0 Å². The quantitative estimate of drug-likeness (QED) is 0.0285. The van der Waals surface area contributed by atoms with Crippen molar-refractivity contribution in [2.24, 2.45) is 0 Å². The summed E-state index contributed by atoms with van der Waals surface area (Å²) in [4.78, 5) is 22.4. The van der Waals surface area contributed by atoms with Gasteiger partial charge in [0.25, 0.3) is 0 Å². The van der Waals surface area contributed by atoms with E-state index < -0.39 is 20.0 Å². The number of hydrogen-bond acceptors (Lipinski definition) is 5. The number of amides is 1. The first-order chi connectivity index (χ1) is 22.0. The predicted molar refractivity (Wildman–Crippen MR) is 194 cm³/mol. The summed E-state index contributed by atoms with van der Waals surface area (Å²) < 4.78 is 23.1. The van der Waals surface area contributed by atoms with E-state index in [4.69, 9.17) is 9.05 Å². The van der Waals surface area contributed by atoms with Gasteiger partial charge in [0.2, 0.25) is 5.91 Å². The average molecular weight is 672 g/mol. The minimum atomic E-state index is -4.32. The number of nitrogens with zero attached hydrogens (tertiary/aromatic N) is 1. The topological polar surface area (TPSA) is 105 Å². The third kappa shape index (κ3) is 31.3. The van der Waals surface area contributed by atoms with Crippen molar-refractivity contribution in [3.63, 3.8) is 0 Å². The number of aliphatic hydroxyl groups excluding tert-OH is 1. The highest BCUT2D eigenvalue weighted by Gasteiger charge is 2.27. The fraction of sp³-hybridized carbons (Fsp3) is 0.811. The first-order valence-corrected chi connectivity index (χ1v) is 19.9. The molecule has 0 saturated heterocycles. The lowest BCUT2D eigenvalue weighted by Crippen LogP contribution is -2.45. The van der Waals surface area contributed by atoms with Crippen molar-refractivity contribution in [3.05, 3.63) is 36.5 Å². The van der Waals surface area contributed by atoms with Crippen LogP contribution < -0.4 is 5.32 Å². The zero-order valence-electron chi connectivity index (χ0n) is 30.3. The van der Waals surface area contributed by atoms with Crippen molar-refractivity contribution in [2.75, 3.05) is 40.9 Å². The summed E-state index contributed by atoms with van der Waals surface area (Å²) in [5.74, 6) is -0.229. The van der Waals surface area contributed by atoms with Gasteiger partial charge in [-0.1, -0.05) is 127 Å². The van der Waals surface area contributed by atoms with E-state index in [0.717, 1.165) is 38.5 Å². The van der Waals surface area contributed by atoms with E-state index in [1.807, 2.05) is 34.1 Å². The van der Waals surface area contributed by atoms with Crippen molar-refractivity contribution in [1.82, 2.24) is 5.32 Å². The van der Waals surface area contributed by atoms with E-state index in [2.05, 4.69) is 36.5 Å². The first-order valence-electron chi connectivity index (χ1n) is 18.4. The molecule has 0 aliphatic heterocycles. The number of nitrogens with one attached hydrogen (secondary N) is 1. The molecule has 9 heteroatoms. The average Bonchev–Trinajstić information content (AvgIpc) is 2.99. The molecule has 270 valence electrons. The van der Waals surface area contributed by atoms with Gasteiger partial charge in [0.05, 0.1) is 39.9 Å². The molecule has 0 aliphatic carbocycles. The number of rotatable bonds is 32. The Bertz CT molecular complexity index is 855. The fourth-order valence-electron chi connectivity index (χ4n) is 4.81. The van der Waals surface area contributed by atoms with Gasteiger partial charge in [-0.3, -0.25) is 13.8 Å². The second kappa shape index (κ2) is 29.8. The second-order valence-electron chi connectivity index (χ2n) is 13.6. The first kappa shape index (κ1) is 44.7. The van der Waals surface area contributed by atoms with E-state index >= 15 is 0 Å². The maximum absolute atomic E-state index is 12.3. The van der Waals surface area contributed by atoms with Crippen molar-refractivity contribution in [3.8, 4) is 0 Å². The van der Waals surface area contributed by atoms with Crippen LogP contribution in [0.1, 0.15) is 142 Å². The lowest BCUT2D eigenvalue weighted by molar-refractivity contribution is -0.870. The minimum Gasteiger partial charge on any atom is -0.387 e. The van der Waals surface area contributed by atoms with E-state index in [9.17, 15) is 19.4 Å². The van der Waals surface area contributed by atoms with Gasteiger partial charge < -0.3 is 19.8 Å². The third-order valence-electron chi connectivity index (χ3n) is 7.84. The number of phosphoric ester groups is 1. The molecule has 0 radical (unpaired) electrons. The number of carbonyl (C=O) groups excluding carboxylic acids is 1. The molecule has 0 rings (SSSR count). The number of quaternary nitrogens is 1. The van der Waals surface area contributed by atoms with E-state index in [0.29, 0.717) is 17.4 Å². The van der Waals surface area contributed by atoms with Crippen molar-refractivity contribution < 1.29 is 32.9 Å². The summed E-state index contributed by atoms with van der Waals surface area (Å²) in [6, 6.07) is -0.861. The SMILES string of the molecule is CCCCCCCCCCCCCC/C=C/CC/C=C/CC/C=C/C(O)C(COP(=O)(O)OCC[N+](C)(C)C)NC(=O)CCCC. The molecule has 3 atom stereocenters. The van der Waals surface area contributed by atoms with Crippen LogP contribution in [0.3, 0.4) is 0 Å². The Morgan fingerprint density at radius 1 is 0.717 bits per heavy atom. The van der Waals surface area contributed by atoms with Crippen molar-refractivity contribution >= 4 is 13.7 Å². The summed E-state index contributed by atoms with van der Waals surface area (Å²) in [7, 11) is 1.53. The number of unbranched alkanes of at least 4 members (excludes halogenated alkanes) is 15. The molecule has 0 heterocycles. The number of hydrogen-bond donors (Lipinski definition) is 3. The van der Waals surface area contributed by atoms with E-state index in [1.165, 1.54) is 83.5 Å². The normalized spacial score (nSPS) is 15.2. The molecule has 46 heavy (non-hydrogen) atoms. The maximum Gasteiger partial charge on any atom is 0.472 e. The summed E-state index contributed by atoms with van der Waals surface area (Å²) in [6.07, 6.45) is 34.8. The highest BCUT2D eigenvalue weighted by molar-refractivity contribution is 7.47. The number of likely N-dealkylation sites (N-methyl/N-ethyl adjacent to an activating group) is 1. The monoisotopic (exact) mass is 672 g/mol. The maximum atomic E-state index is 12.3. The van der Waals surface area contributed by atoms with Gasteiger partial charge in [-0.05, 0) is 44.9 Å². The molecule has 0 aliphatic rings. The molecule has 1 amide bonds. The molecule has 0 bridgehead atoms. The molecule has 8 nitrogen and oxygen atoms in total. The minimum absolute atomic E-state index is 0.0521. The Morgan fingerprint density at radius 2 is 1.20 bits per heavy atom. The Balaban J connectivity index is 4.19. The number of phosphoric acid groups is 1. The largest absolute Gasteiger partial charge is 0.472 e. The lowest BCUT2D eigenvalue weighted by atomic mass is 10.0. The molecule has 0 spiro atoms. The highest BCUT2D eigenvalue weighted by atomic mass is 31.2. The molecule has 0 aromatic carbocycles. The van der Waals surface area contributed by atoms with Gasteiger partial charge in [0, 0.05) is 6.42 Å². The van der Waals surface area contributed by atoms with Crippen molar-refractivity contribution in [2.45, 2.75) is 154 Å². The smallest absolute Gasteiger partial charge is 0.387 e. The Hall–Kier alpha value is -1.28. The standard InChI is InChI=1S/C37H71N2O6P/c1-6-8-10-11-12-13-14-15-16-17-18-19-20-21-22-23-24-25-26-27-28-29-30-36(40)35(38-37(41)31-9-7-2)34-45-46(42,43)44-33-32-39(3,4)5/h21-22,25-26,29-30,35-36,40H,6-20,23-24,27-28,31-34H2,1-5H3,(H-,38,41,42,43)/p+1/b22-21+,26-25+,30-29+. The molecule has 3 unspecified atom stereocenters. The summed E-state index contributed by atoms with van der Waals surface area (Å²) in [6.45, 7) is 4.51. The van der Waals surface area contributed by atoms with Crippen LogP contribution in [0.4, 0.5) is 0 Å². The zero-order chi connectivity index (χ0) is 34.4. The molecule has 0 aromatic heterocycles. The van der Waals surface area contributed by atoms with Gasteiger partial charge >= 0.3 is 7.82 Å². The third-order valence-corrected chi connectivity index (χ3v) is 8.82. The van der Waals surface area contributed by atoms with Crippen LogP contribution >= 0.6 is 7.82 Å². The Labute approximate surface area is 283 Å². The lowest BCUT2D eigenvalue weighted by Gasteiger charge is -2.25. The molecule has 0 saturated carbocycles. The summed E-state index contributed by atoms with van der Waals surface area (Å²) >= 11 is 0. The Kier molecular flexibility index (Phi) is 29.0. The second-order valence-corrected chi connectivity index (χ2v) is 15.0. The number of aliphatic hydroxyl groups is 1. The summed E-state index contributed by atoms with van der Waals surface area (Å²) in [5, 5.41) is 13.4. The van der Waals surface area contributed by atoms with Crippen LogP contribution in [0.25, 0.3) is 0 Å². The molecule has 0 aromatic rings. The number of carbonyl (C=O) groups is 1. The van der Waals surface area contributed by atoms with Gasteiger partial charge in [0.1, 0.15) is 13.2 Å². The zero-order valence-corrected chi connectivity index (χ0v) is 31.2. The van der Waals surface area contributed by atoms with Crippen LogP contribution in [-0.4, -0.2) is 73.4 Å². The fourth-order valence-corrected chi connectivity index (χ4v) is 5.55. The van der Waals surface area contributed by atoms with Crippen LogP contribution in [0, 0.1) is 0 Å². The van der Waals surface area contributed by atoms with E-state index in [1.54, 1.807) is 6.08 Å². The molecule has 3 N–H and O–H groups in total. The van der Waals surface area contributed by atoms with Gasteiger partial charge in [-0.2, -0.15) is 0 Å². The van der Waals surface area contributed by atoms with Crippen LogP contribution in [-0.2, 0) is 18.4 Å². The van der Waals surface area contributed by atoms with Crippen LogP contribution in [0.15, 0.2) is 36.5 Å².